The lowest BCUT2D eigenvalue weighted by Gasteiger charge is -2.12. The van der Waals surface area contributed by atoms with E-state index in [2.05, 4.69) is 0 Å². The van der Waals surface area contributed by atoms with Gasteiger partial charge in [-0.25, -0.2) is 4.79 Å². The van der Waals surface area contributed by atoms with E-state index >= 15 is 0 Å². The number of ether oxygens (including phenoxy) is 1. The van der Waals surface area contributed by atoms with Crippen molar-refractivity contribution in [3.63, 3.8) is 0 Å². The van der Waals surface area contributed by atoms with Gasteiger partial charge in [0, 0.05) is 26.7 Å². The Balaban J connectivity index is 2.06. The smallest absolute Gasteiger partial charge is 0.356 e. The van der Waals surface area contributed by atoms with Crippen molar-refractivity contribution in [3.8, 4) is 5.69 Å². The number of aromatic nitrogens is 1. The zero-order chi connectivity index (χ0) is 21.3. The lowest BCUT2D eigenvalue weighted by molar-refractivity contribution is 0.0514. The summed E-state index contributed by atoms with van der Waals surface area (Å²) < 4.78 is 7.05. The molecule has 0 amide bonds. The molecule has 0 aliphatic rings. The van der Waals surface area contributed by atoms with Crippen molar-refractivity contribution in [1.82, 2.24) is 4.57 Å². The molecule has 30 heavy (non-hydrogen) atoms. The van der Waals surface area contributed by atoms with Crippen molar-refractivity contribution < 1.29 is 14.3 Å². The molecule has 0 N–H and O–H groups in total. The average molecular weight is 438 g/mol. The maximum atomic E-state index is 13.5. The topological polar surface area (TPSA) is 48.3 Å². The Bertz CT molecular complexity index is 1260. The Labute approximate surface area is 183 Å². The summed E-state index contributed by atoms with van der Waals surface area (Å²) in [6.45, 7) is 1.91. The Morgan fingerprint density at radius 2 is 1.63 bits per heavy atom. The van der Waals surface area contributed by atoms with E-state index in [9.17, 15) is 9.59 Å². The molecule has 4 nitrogen and oxygen atoms in total. The highest BCUT2D eigenvalue weighted by Crippen LogP contribution is 2.33. The fraction of sp³-hybridized carbons (Fsp3) is 0.0833. The predicted octanol–water partition coefficient (Wildman–Crippen LogP) is 6.35. The zero-order valence-electron chi connectivity index (χ0n) is 16.1. The number of halogens is 2. The van der Waals surface area contributed by atoms with E-state index in [4.69, 9.17) is 27.9 Å². The minimum absolute atomic E-state index is 0.167. The first kappa shape index (κ1) is 20.2. The molecule has 6 heteroatoms. The summed E-state index contributed by atoms with van der Waals surface area (Å²) in [5.41, 5.74) is 2.25. The van der Waals surface area contributed by atoms with Crippen LogP contribution in [0.4, 0.5) is 0 Å². The molecule has 0 unspecified atom stereocenters. The first-order valence-electron chi connectivity index (χ1n) is 9.38. The first-order chi connectivity index (χ1) is 14.5. The number of hydrogen-bond donors (Lipinski definition) is 0. The third-order valence-electron chi connectivity index (χ3n) is 4.74. The number of rotatable bonds is 5. The number of hydrogen-bond acceptors (Lipinski definition) is 3. The highest BCUT2D eigenvalue weighted by Gasteiger charge is 2.29. The highest BCUT2D eigenvalue weighted by molar-refractivity contribution is 6.31. The first-order valence-corrected chi connectivity index (χ1v) is 10.1. The van der Waals surface area contributed by atoms with Crippen LogP contribution in [0.5, 0.6) is 0 Å². The Hall–Kier alpha value is -3.08. The van der Waals surface area contributed by atoms with Gasteiger partial charge in [-0.2, -0.15) is 0 Å². The number of esters is 1. The van der Waals surface area contributed by atoms with Crippen LogP contribution in [0.2, 0.25) is 10.0 Å². The van der Waals surface area contributed by atoms with Crippen LogP contribution in [0.3, 0.4) is 0 Å². The van der Waals surface area contributed by atoms with Crippen molar-refractivity contribution in [2.75, 3.05) is 6.61 Å². The molecule has 0 radical (unpaired) electrons. The minimum atomic E-state index is -0.578. The van der Waals surface area contributed by atoms with Gasteiger partial charge in [0.2, 0.25) is 0 Å². The van der Waals surface area contributed by atoms with Crippen molar-refractivity contribution in [2.24, 2.45) is 0 Å². The summed E-state index contributed by atoms with van der Waals surface area (Å²) in [4.78, 5) is 26.6. The normalized spacial score (nSPS) is 10.9. The minimum Gasteiger partial charge on any atom is -0.461 e. The molecule has 3 aromatic carbocycles. The maximum absolute atomic E-state index is 13.5. The van der Waals surface area contributed by atoms with E-state index in [1.807, 2.05) is 30.3 Å². The van der Waals surface area contributed by atoms with Crippen LogP contribution in [-0.4, -0.2) is 22.9 Å². The highest BCUT2D eigenvalue weighted by atomic mass is 35.5. The number of fused-ring (bicyclic) bond motifs is 1. The number of nitrogens with zero attached hydrogens (tertiary/aromatic N) is 1. The number of carbonyl (C=O) groups excluding carboxylic acids is 2. The molecule has 0 bridgehead atoms. The number of carbonyl (C=O) groups is 2. The largest absolute Gasteiger partial charge is 0.461 e. The van der Waals surface area contributed by atoms with Crippen LogP contribution in [0.1, 0.15) is 33.3 Å². The molecule has 0 saturated carbocycles. The van der Waals surface area contributed by atoms with Crippen molar-refractivity contribution in [1.29, 1.82) is 0 Å². The molecule has 4 aromatic rings. The second-order valence-electron chi connectivity index (χ2n) is 6.61. The van der Waals surface area contributed by atoms with Gasteiger partial charge in [-0.3, -0.25) is 4.79 Å². The van der Waals surface area contributed by atoms with Gasteiger partial charge in [-0.05, 0) is 55.5 Å². The molecule has 0 atom stereocenters. The Morgan fingerprint density at radius 3 is 2.33 bits per heavy atom. The summed E-state index contributed by atoms with van der Waals surface area (Å²) >= 11 is 12.2. The maximum Gasteiger partial charge on any atom is 0.356 e. The van der Waals surface area contributed by atoms with Gasteiger partial charge in [0.05, 0.1) is 17.7 Å². The quantitative estimate of drug-likeness (QED) is 0.270. The van der Waals surface area contributed by atoms with Crippen molar-refractivity contribution in [2.45, 2.75) is 6.92 Å². The lowest BCUT2D eigenvalue weighted by Crippen LogP contribution is -2.16. The summed E-state index contributed by atoms with van der Waals surface area (Å²) in [5.74, 6) is -0.863. The average Bonchev–Trinajstić information content (AvgIpc) is 3.09. The van der Waals surface area contributed by atoms with Gasteiger partial charge in [-0.15, -0.1) is 0 Å². The molecule has 0 saturated heterocycles. The summed E-state index contributed by atoms with van der Waals surface area (Å²) in [7, 11) is 0. The SMILES string of the molecule is CCOC(=O)c1c(C(=O)c2ccc(Cl)cc2)c2ccccc2n1-c1cccc(Cl)c1. The van der Waals surface area contributed by atoms with E-state index in [0.717, 1.165) is 0 Å². The van der Waals surface area contributed by atoms with E-state index in [-0.39, 0.29) is 23.6 Å². The van der Waals surface area contributed by atoms with Gasteiger partial charge in [-0.1, -0.05) is 47.5 Å². The van der Waals surface area contributed by atoms with Gasteiger partial charge >= 0.3 is 5.97 Å². The molecule has 1 heterocycles. The zero-order valence-corrected chi connectivity index (χ0v) is 17.6. The van der Waals surface area contributed by atoms with Gasteiger partial charge in [0.1, 0.15) is 5.69 Å². The standard InChI is InChI=1S/C24H17Cl2NO3/c1-2-30-24(29)22-21(23(28)15-10-12-16(25)13-11-15)19-8-3-4-9-20(19)27(22)18-7-5-6-17(26)14-18/h3-14H,2H2,1H3. The Kier molecular flexibility index (Phi) is 5.62. The van der Waals surface area contributed by atoms with E-state index < -0.39 is 5.97 Å². The van der Waals surface area contributed by atoms with Crippen molar-refractivity contribution >= 4 is 45.9 Å². The fourth-order valence-electron chi connectivity index (χ4n) is 3.49. The Morgan fingerprint density at radius 1 is 0.900 bits per heavy atom. The molecule has 0 fully saturated rings. The monoisotopic (exact) mass is 437 g/mol. The molecule has 4 rings (SSSR count). The van der Waals surface area contributed by atoms with Crippen LogP contribution >= 0.6 is 23.2 Å². The van der Waals surface area contributed by atoms with E-state index in [0.29, 0.717) is 32.2 Å². The van der Waals surface area contributed by atoms with Gasteiger partial charge in [0.25, 0.3) is 0 Å². The molecule has 150 valence electrons. The van der Waals surface area contributed by atoms with Crippen LogP contribution < -0.4 is 0 Å². The molecule has 0 aliphatic heterocycles. The summed E-state index contributed by atoms with van der Waals surface area (Å²) in [6, 6.07) is 21.1. The molecule has 0 spiro atoms. The van der Waals surface area contributed by atoms with E-state index in [1.54, 1.807) is 54.0 Å². The van der Waals surface area contributed by atoms with Gasteiger partial charge < -0.3 is 9.30 Å². The molecular weight excluding hydrogens is 421 g/mol. The third kappa shape index (κ3) is 3.60. The van der Waals surface area contributed by atoms with E-state index in [1.165, 1.54) is 0 Å². The van der Waals surface area contributed by atoms with Crippen LogP contribution in [0.25, 0.3) is 16.6 Å². The second kappa shape index (κ2) is 8.34. The van der Waals surface area contributed by atoms with Crippen LogP contribution in [0.15, 0.2) is 72.8 Å². The molecular formula is C24H17Cl2NO3. The van der Waals surface area contributed by atoms with Crippen LogP contribution in [-0.2, 0) is 4.74 Å². The summed E-state index contributed by atoms with van der Waals surface area (Å²) in [5, 5.41) is 1.70. The summed E-state index contributed by atoms with van der Waals surface area (Å²) in [6.07, 6.45) is 0. The van der Waals surface area contributed by atoms with Gasteiger partial charge in [0.15, 0.2) is 5.78 Å². The number of para-hydroxylation sites is 1. The molecule has 0 aliphatic carbocycles. The predicted molar refractivity (Wildman–Crippen MR) is 119 cm³/mol. The third-order valence-corrected chi connectivity index (χ3v) is 5.23. The fourth-order valence-corrected chi connectivity index (χ4v) is 3.80. The van der Waals surface area contributed by atoms with Crippen LogP contribution in [0, 0.1) is 0 Å². The van der Waals surface area contributed by atoms with Crippen molar-refractivity contribution in [3.05, 3.63) is 99.7 Å². The molecule has 1 aromatic heterocycles. The number of benzene rings is 3. The second-order valence-corrected chi connectivity index (χ2v) is 7.49. The number of ketones is 1. The lowest BCUT2D eigenvalue weighted by atomic mass is 10.00.